The number of carboxylic acid groups (broad SMARTS) is 1. The summed E-state index contributed by atoms with van der Waals surface area (Å²) in [4.78, 5) is 10.4. The van der Waals surface area contributed by atoms with Crippen LogP contribution in [0.4, 0.5) is 0 Å². The first-order chi connectivity index (χ1) is 5.95. The lowest BCUT2D eigenvalue weighted by molar-refractivity contribution is -0.279. The first-order valence-electron chi connectivity index (χ1n) is 3.55. The summed E-state index contributed by atoms with van der Waals surface area (Å²) < 4.78 is 4.34. The Kier molecular flexibility index (Phi) is 2.84. The third-order valence-corrected chi connectivity index (χ3v) is 1.83. The Balaban J connectivity index is 2.76. The molecule has 5 N–H and O–H groups in total. The van der Waals surface area contributed by atoms with Crippen molar-refractivity contribution in [1.29, 1.82) is 0 Å². The van der Waals surface area contributed by atoms with Crippen molar-refractivity contribution in [3.63, 3.8) is 0 Å². The molecule has 1 fully saturated rings. The van der Waals surface area contributed by atoms with E-state index in [2.05, 4.69) is 4.74 Å². The van der Waals surface area contributed by atoms with Crippen LogP contribution in [0.5, 0.6) is 0 Å². The Morgan fingerprint density at radius 3 is 2.00 bits per heavy atom. The van der Waals surface area contributed by atoms with E-state index in [1.54, 1.807) is 0 Å². The Morgan fingerprint density at radius 2 is 1.54 bits per heavy atom. The molecular weight excluding hydrogens is 184 g/mol. The molecule has 13 heavy (non-hydrogen) atoms. The maximum absolute atomic E-state index is 10.4. The number of carboxylic acids is 1. The van der Waals surface area contributed by atoms with E-state index in [-0.39, 0.29) is 0 Å². The minimum absolute atomic E-state index is 1.52. The van der Waals surface area contributed by atoms with Gasteiger partial charge in [-0.3, -0.25) is 0 Å². The molecule has 5 atom stereocenters. The molecule has 0 radical (unpaired) electrons. The highest BCUT2D eigenvalue weighted by molar-refractivity contribution is 5.73. The smallest absolute Gasteiger partial charge is 0.335 e. The molecule has 0 aromatic heterocycles. The van der Waals surface area contributed by atoms with Crippen molar-refractivity contribution in [2.75, 3.05) is 0 Å². The average Bonchev–Trinajstić information content (AvgIpc) is 2.07. The topological polar surface area (TPSA) is 127 Å². The number of hydrogen-bond acceptors (Lipinski definition) is 6. The van der Waals surface area contributed by atoms with E-state index in [4.69, 9.17) is 25.5 Å². The zero-order valence-corrected chi connectivity index (χ0v) is 6.44. The Bertz CT molecular complexity index is 205. The number of ether oxygens (including phenoxy) is 1. The molecule has 0 spiro atoms. The van der Waals surface area contributed by atoms with Crippen LogP contribution < -0.4 is 0 Å². The van der Waals surface area contributed by atoms with Gasteiger partial charge in [-0.1, -0.05) is 0 Å². The molecule has 1 aliphatic heterocycles. The molecule has 7 heteroatoms. The van der Waals surface area contributed by atoms with Crippen LogP contribution >= 0.6 is 0 Å². The van der Waals surface area contributed by atoms with Gasteiger partial charge in [-0.15, -0.1) is 0 Å². The third-order valence-electron chi connectivity index (χ3n) is 1.83. The van der Waals surface area contributed by atoms with Crippen LogP contribution in [0.2, 0.25) is 0 Å². The SMILES string of the molecule is O=C(O)C1O[C@H](O)C(O)C(O)[C@H]1O. The van der Waals surface area contributed by atoms with Crippen LogP contribution in [-0.2, 0) is 9.53 Å². The molecular formula is C6H10O7. The van der Waals surface area contributed by atoms with Gasteiger partial charge in [-0.2, -0.15) is 0 Å². The lowest BCUT2D eigenvalue weighted by atomic mass is 9.99. The van der Waals surface area contributed by atoms with Crippen LogP contribution in [0.15, 0.2) is 0 Å². The second-order valence-corrected chi connectivity index (χ2v) is 2.76. The summed E-state index contributed by atoms with van der Waals surface area (Å²) in [6, 6.07) is 0. The zero-order chi connectivity index (χ0) is 10.2. The molecule has 0 aliphatic carbocycles. The maximum atomic E-state index is 10.4. The molecule has 0 amide bonds. The van der Waals surface area contributed by atoms with Crippen LogP contribution in [-0.4, -0.2) is 62.2 Å². The standard InChI is InChI=1S/C6H10O7/c7-1-2(8)4(5(10)11)13-6(12)3(1)9/h1-4,6-9,12H,(H,10,11)/t1?,2-,3?,4?,6+/m1/s1. The van der Waals surface area contributed by atoms with Gasteiger partial charge in [0.1, 0.15) is 18.3 Å². The largest absolute Gasteiger partial charge is 0.479 e. The summed E-state index contributed by atoms with van der Waals surface area (Å²) in [6.07, 6.45) is -8.72. The van der Waals surface area contributed by atoms with E-state index in [0.29, 0.717) is 0 Å². The van der Waals surface area contributed by atoms with Gasteiger partial charge in [0.05, 0.1) is 0 Å². The Hall–Kier alpha value is -0.730. The summed E-state index contributed by atoms with van der Waals surface area (Å²) in [6.45, 7) is 0. The van der Waals surface area contributed by atoms with Crippen molar-refractivity contribution in [3.05, 3.63) is 0 Å². The van der Waals surface area contributed by atoms with Crippen molar-refractivity contribution in [1.82, 2.24) is 0 Å². The van der Waals surface area contributed by atoms with E-state index < -0.39 is 36.7 Å². The van der Waals surface area contributed by atoms with Gasteiger partial charge in [-0.05, 0) is 0 Å². The van der Waals surface area contributed by atoms with Crippen LogP contribution in [0, 0.1) is 0 Å². The highest BCUT2D eigenvalue weighted by atomic mass is 16.6. The van der Waals surface area contributed by atoms with Crippen molar-refractivity contribution >= 4 is 5.97 Å². The quantitative estimate of drug-likeness (QED) is 0.298. The minimum Gasteiger partial charge on any atom is -0.479 e. The maximum Gasteiger partial charge on any atom is 0.335 e. The fourth-order valence-corrected chi connectivity index (χ4v) is 1.07. The monoisotopic (exact) mass is 194 g/mol. The van der Waals surface area contributed by atoms with Gasteiger partial charge in [0.25, 0.3) is 0 Å². The summed E-state index contributed by atoms with van der Waals surface area (Å²) in [7, 11) is 0. The summed E-state index contributed by atoms with van der Waals surface area (Å²) >= 11 is 0. The van der Waals surface area contributed by atoms with Gasteiger partial charge in [-0.25, -0.2) is 4.79 Å². The molecule has 0 aromatic carbocycles. The molecule has 1 rings (SSSR count). The number of carbonyl (C=O) groups is 1. The van der Waals surface area contributed by atoms with Crippen LogP contribution in [0.25, 0.3) is 0 Å². The highest BCUT2D eigenvalue weighted by Gasteiger charge is 2.46. The van der Waals surface area contributed by atoms with E-state index in [9.17, 15) is 4.79 Å². The van der Waals surface area contributed by atoms with Crippen LogP contribution in [0.1, 0.15) is 0 Å². The first-order valence-corrected chi connectivity index (χ1v) is 3.55. The van der Waals surface area contributed by atoms with Gasteiger partial charge >= 0.3 is 5.97 Å². The van der Waals surface area contributed by atoms with E-state index in [0.717, 1.165) is 0 Å². The minimum atomic E-state index is -1.81. The van der Waals surface area contributed by atoms with Crippen LogP contribution in [0.3, 0.4) is 0 Å². The molecule has 0 saturated carbocycles. The van der Waals surface area contributed by atoms with Crippen molar-refractivity contribution in [2.24, 2.45) is 0 Å². The Labute approximate surface area is 72.8 Å². The first kappa shape index (κ1) is 10.4. The predicted octanol–water partition coefficient (Wildman–Crippen LogP) is -3.13. The fraction of sp³-hybridized carbons (Fsp3) is 0.833. The number of hydrogen-bond donors (Lipinski definition) is 5. The Morgan fingerprint density at radius 1 is 1.00 bits per heavy atom. The summed E-state index contributed by atoms with van der Waals surface area (Å²) in [5.74, 6) is -1.52. The third kappa shape index (κ3) is 1.79. The lowest BCUT2D eigenvalue weighted by Crippen LogP contribution is -2.59. The summed E-state index contributed by atoms with van der Waals surface area (Å²) in [5, 5.41) is 44.4. The van der Waals surface area contributed by atoms with E-state index in [1.165, 1.54) is 0 Å². The molecule has 0 aromatic rings. The van der Waals surface area contributed by atoms with Gasteiger partial charge in [0.15, 0.2) is 12.4 Å². The molecule has 7 nitrogen and oxygen atoms in total. The van der Waals surface area contributed by atoms with Gasteiger partial charge in [0.2, 0.25) is 0 Å². The molecule has 1 saturated heterocycles. The summed E-state index contributed by atoms with van der Waals surface area (Å²) in [5.41, 5.74) is 0. The molecule has 0 bridgehead atoms. The molecule has 3 unspecified atom stereocenters. The normalized spacial score (nSPS) is 46.0. The number of aliphatic hydroxyl groups excluding tert-OH is 4. The molecule has 76 valence electrons. The average molecular weight is 194 g/mol. The fourth-order valence-electron chi connectivity index (χ4n) is 1.07. The number of aliphatic carboxylic acids is 1. The van der Waals surface area contributed by atoms with E-state index in [1.807, 2.05) is 0 Å². The second kappa shape index (κ2) is 3.56. The highest BCUT2D eigenvalue weighted by Crippen LogP contribution is 2.19. The second-order valence-electron chi connectivity index (χ2n) is 2.76. The van der Waals surface area contributed by atoms with Crippen molar-refractivity contribution in [3.8, 4) is 0 Å². The molecule has 1 aliphatic rings. The van der Waals surface area contributed by atoms with Crippen molar-refractivity contribution < 1.29 is 35.1 Å². The number of rotatable bonds is 1. The zero-order valence-electron chi connectivity index (χ0n) is 6.44. The van der Waals surface area contributed by atoms with Crippen molar-refractivity contribution in [2.45, 2.75) is 30.7 Å². The lowest BCUT2D eigenvalue weighted by Gasteiger charge is -2.36. The van der Waals surface area contributed by atoms with Gasteiger partial charge in [0, 0.05) is 0 Å². The predicted molar refractivity (Wildman–Crippen MR) is 36.5 cm³/mol. The van der Waals surface area contributed by atoms with E-state index >= 15 is 0 Å². The number of aliphatic hydroxyl groups is 4. The van der Waals surface area contributed by atoms with Gasteiger partial charge < -0.3 is 30.3 Å². The molecule has 1 heterocycles.